The van der Waals surface area contributed by atoms with Gasteiger partial charge >= 0.3 is 0 Å². The van der Waals surface area contributed by atoms with Crippen molar-refractivity contribution in [3.8, 4) is 0 Å². The van der Waals surface area contributed by atoms with Crippen LogP contribution in [0.15, 0.2) is 12.1 Å². The standard InChI is InChI=1S/C11H12Cl2N2O3/c12-9-3-7(4-10(13)15-9)11(16)14-5-8-6-17-1-2-18-8/h3-4,8H,1-2,5-6H2,(H,14,16). The Hall–Kier alpha value is -0.880. The third kappa shape index (κ3) is 3.81. The zero-order chi connectivity index (χ0) is 13.0. The Morgan fingerprint density at radius 3 is 2.72 bits per heavy atom. The van der Waals surface area contributed by atoms with E-state index in [-0.39, 0.29) is 22.3 Å². The fourth-order valence-corrected chi connectivity index (χ4v) is 2.02. The van der Waals surface area contributed by atoms with Gasteiger partial charge in [0, 0.05) is 12.1 Å². The van der Waals surface area contributed by atoms with Gasteiger partial charge in [-0.15, -0.1) is 0 Å². The molecule has 0 aliphatic carbocycles. The summed E-state index contributed by atoms with van der Waals surface area (Å²) in [7, 11) is 0. The highest BCUT2D eigenvalue weighted by atomic mass is 35.5. The fourth-order valence-electron chi connectivity index (χ4n) is 1.56. The smallest absolute Gasteiger partial charge is 0.251 e. The summed E-state index contributed by atoms with van der Waals surface area (Å²) in [6.07, 6.45) is -0.115. The Morgan fingerprint density at radius 2 is 2.11 bits per heavy atom. The third-order valence-corrected chi connectivity index (χ3v) is 2.79. The van der Waals surface area contributed by atoms with E-state index in [0.29, 0.717) is 31.9 Å². The molecule has 1 aromatic rings. The summed E-state index contributed by atoms with van der Waals surface area (Å²) in [5.74, 6) is -0.268. The number of halogens is 2. The van der Waals surface area contributed by atoms with Gasteiger partial charge in [-0.3, -0.25) is 4.79 Å². The molecule has 0 spiro atoms. The van der Waals surface area contributed by atoms with Crippen molar-refractivity contribution < 1.29 is 14.3 Å². The number of amides is 1. The SMILES string of the molecule is O=C(NCC1COCCO1)c1cc(Cl)nc(Cl)c1. The summed E-state index contributed by atoms with van der Waals surface area (Å²) in [6, 6.07) is 2.92. The van der Waals surface area contributed by atoms with Crippen molar-refractivity contribution >= 4 is 29.1 Å². The average Bonchev–Trinajstić information content (AvgIpc) is 2.36. The second kappa shape index (κ2) is 6.33. The van der Waals surface area contributed by atoms with Gasteiger partial charge in [-0.05, 0) is 12.1 Å². The summed E-state index contributed by atoms with van der Waals surface area (Å²) < 4.78 is 10.6. The van der Waals surface area contributed by atoms with Crippen molar-refractivity contribution in [2.24, 2.45) is 0 Å². The second-order valence-electron chi connectivity index (χ2n) is 3.78. The first-order valence-electron chi connectivity index (χ1n) is 5.46. The molecule has 0 saturated carbocycles. The number of nitrogens with zero attached hydrogens (tertiary/aromatic N) is 1. The highest BCUT2D eigenvalue weighted by Gasteiger charge is 2.16. The molecule has 18 heavy (non-hydrogen) atoms. The van der Waals surface area contributed by atoms with Crippen molar-refractivity contribution in [1.82, 2.24) is 10.3 Å². The van der Waals surface area contributed by atoms with Crippen LogP contribution in [0.2, 0.25) is 10.3 Å². The number of hydrogen-bond acceptors (Lipinski definition) is 4. The molecule has 2 heterocycles. The number of rotatable bonds is 3. The predicted molar refractivity (Wildman–Crippen MR) is 67.1 cm³/mol. The van der Waals surface area contributed by atoms with E-state index in [1.165, 1.54) is 12.1 Å². The van der Waals surface area contributed by atoms with Crippen molar-refractivity contribution in [2.75, 3.05) is 26.4 Å². The maximum absolute atomic E-state index is 11.8. The molecule has 5 nitrogen and oxygen atoms in total. The molecule has 0 aromatic carbocycles. The number of nitrogens with one attached hydrogen (secondary N) is 1. The fraction of sp³-hybridized carbons (Fsp3) is 0.455. The largest absolute Gasteiger partial charge is 0.376 e. The molecule has 7 heteroatoms. The molecule has 0 bridgehead atoms. The molecular weight excluding hydrogens is 279 g/mol. The van der Waals surface area contributed by atoms with Crippen LogP contribution in [-0.2, 0) is 9.47 Å². The Bertz CT molecular complexity index is 416. The number of pyridine rings is 1. The van der Waals surface area contributed by atoms with Crippen LogP contribution in [0.1, 0.15) is 10.4 Å². The molecule has 1 aliphatic rings. The molecule has 1 aromatic heterocycles. The van der Waals surface area contributed by atoms with Gasteiger partial charge < -0.3 is 14.8 Å². The van der Waals surface area contributed by atoms with Gasteiger partial charge in [0.2, 0.25) is 0 Å². The van der Waals surface area contributed by atoms with Gasteiger partial charge in [0.1, 0.15) is 10.3 Å². The van der Waals surface area contributed by atoms with Crippen molar-refractivity contribution in [2.45, 2.75) is 6.10 Å². The molecule has 2 rings (SSSR count). The number of hydrogen-bond donors (Lipinski definition) is 1. The first-order valence-corrected chi connectivity index (χ1v) is 6.21. The van der Waals surface area contributed by atoms with E-state index < -0.39 is 0 Å². The molecular formula is C11H12Cl2N2O3. The van der Waals surface area contributed by atoms with Gasteiger partial charge in [0.05, 0.1) is 25.9 Å². The lowest BCUT2D eigenvalue weighted by Crippen LogP contribution is -2.39. The minimum absolute atomic E-state index is 0.115. The summed E-state index contributed by atoms with van der Waals surface area (Å²) in [5, 5.41) is 3.10. The molecule has 1 N–H and O–H groups in total. The second-order valence-corrected chi connectivity index (χ2v) is 4.55. The number of carbonyl (C=O) groups excluding carboxylic acids is 1. The van der Waals surface area contributed by atoms with E-state index in [1.807, 2.05) is 0 Å². The molecule has 1 aliphatic heterocycles. The number of aromatic nitrogens is 1. The normalized spacial score (nSPS) is 19.6. The van der Waals surface area contributed by atoms with Crippen LogP contribution in [0, 0.1) is 0 Å². The first kappa shape index (κ1) is 13.5. The van der Waals surface area contributed by atoms with Crippen LogP contribution >= 0.6 is 23.2 Å². The van der Waals surface area contributed by atoms with Crippen LogP contribution in [0.5, 0.6) is 0 Å². The van der Waals surface area contributed by atoms with Gasteiger partial charge in [0.15, 0.2) is 0 Å². The Labute approximate surface area is 114 Å². The number of carbonyl (C=O) groups is 1. The maximum Gasteiger partial charge on any atom is 0.251 e. The van der Waals surface area contributed by atoms with Gasteiger partial charge in [-0.25, -0.2) is 4.98 Å². The molecule has 1 saturated heterocycles. The molecule has 1 fully saturated rings. The first-order chi connectivity index (χ1) is 8.65. The molecule has 0 radical (unpaired) electrons. The summed E-state index contributed by atoms with van der Waals surface area (Å²) in [5.41, 5.74) is 0.372. The minimum Gasteiger partial charge on any atom is -0.376 e. The van der Waals surface area contributed by atoms with E-state index in [2.05, 4.69) is 10.3 Å². The molecule has 98 valence electrons. The zero-order valence-electron chi connectivity index (χ0n) is 9.49. The summed E-state index contributed by atoms with van der Waals surface area (Å²) in [4.78, 5) is 15.6. The average molecular weight is 291 g/mol. The lowest BCUT2D eigenvalue weighted by Gasteiger charge is -2.23. The maximum atomic E-state index is 11.8. The topological polar surface area (TPSA) is 60.5 Å². The van der Waals surface area contributed by atoms with Crippen LogP contribution in [-0.4, -0.2) is 43.4 Å². The summed E-state index contributed by atoms with van der Waals surface area (Å²) in [6.45, 7) is 2.02. The van der Waals surface area contributed by atoms with Gasteiger partial charge in [-0.2, -0.15) is 0 Å². The highest BCUT2D eigenvalue weighted by Crippen LogP contribution is 2.14. The molecule has 1 unspecified atom stereocenters. The van der Waals surface area contributed by atoms with E-state index >= 15 is 0 Å². The van der Waals surface area contributed by atoms with E-state index in [0.717, 1.165) is 0 Å². The molecule has 1 atom stereocenters. The minimum atomic E-state index is -0.268. The third-order valence-electron chi connectivity index (χ3n) is 2.40. The number of ether oxygens (including phenoxy) is 2. The Morgan fingerprint density at radius 1 is 1.39 bits per heavy atom. The van der Waals surface area contributed by atoms with Crippen LogP contribution in [0.3, 0.4) is 0 Å². The van der Waals surface area contributed by atoms with Crippen molar-refractivity contribution in [3.63, 3.8) is 0 Å². The predicted octanol–water partition coefficient (Wildman–Crippen LogP) is 1.53. The van der Waals surface area contributed by atoms with Crippen LogP contribution in [0.4, 0.5) is 0 Å². The highest BCUT2D eigenvalue weighted by molar-refractivity contribution is 6.33. The lowest BCUT2D eigenvalue weighted by molar-refractivity contribution is -0.0855. The van der Waals surface area contributed by atoms with Gasteiger partial charge in [-0.1, -0.05) is 23.2 Å². The summed E-state index contributed by atoms with van der Waals surface area (Å²) >= 11 is 11.4. The van der Waals surface area contributed by atoms with Crippen molar-refractivity contribution in [1.29, 1.82) is 0 Å². The molecule has 1 amide bonds. The Kier molecular flexibility index (Phi) is 4.77. The van der Waals surface area contributed by atoms with E-state index in [9.17, 15) is 4.79 Å². The quantitative estimate of drug-likeness (QED) is 0.858. The van der Waals surface area contributed by atoms with E-state index in [1.54, 1.807) is 0 Å². The van der Waals surface area contributed by atoms with Crippen LogP contribution in [0.25, 0.3) is 0 Å². The van der Waals surface area contributed by atoms with E-state index in [4.69, 9.17) is 32.7 Å². The monoisotopic (exact) mass is 290 g/mol. The van der Waals surface area contributed by atoms with Gasteiger partial charge in [0.25, 0.3) is 5.91 Å². The zero-order valence-corrected chi connectivity index (χ0v) is 11.0. The Balaban J connectivity index is 1.90. The lowest BCUT2D eigenvalue weighted by atomic mass is 10.2. The van der Waals surface area contributed by atoms with Crippen molar-refractivity contribution in [3.05, 3.63) is 28.0 Å². The van der Waals surface area contributed by atoms with Crippen LogP contribution < -0.4 is 5.32 Å².